The normalized spacial score (nSPS) is 11.0. The van der Waals surface area contributed by atoms with Gasteiger partial charge in [-0.2, -0.15) is 0 Å². The molecule has 0 spiro atoms. The van der Waals surface area contributed by atoms with Crippen molar-refractivity contribution in [2.24, 2.45) is 7.05 Å². The van der Waals surface area contributed by atoms with E-state index in [4.69, 9.17) is 5.73 Å². The summed E-state index contributed by atoms with van der Waals surface area (Å²) in [5.41, 5.74) is 9.02. The molecule has 0 saturated carbocycles. The van der Waals surface area contributed by atoms with E-state index in [9.17, 15) is 0 Å². The van der Waals surface area contributed by atoms with Crippen molar-refractivity contribution in [2.45, 2.75) is 0 Å². The van der Waals surface area contributed by atoms with Gasteiger partial charge in [-0.1, -0.05) is 15.9 Å². The summed E-state index contributed by atoms with van der Waals surface area (Å²) >= 11 is 3.49. The molecule has 0 aliphatic rings. The van der Waals surface area contributed by atoms with E-state index < -0.39 is 0 Å². The molecule has 90 valence electrons. The molecule has 0 bridgehead atoms. The third-order valence-electron chi connectivity index (χ3n) is 3.09. The van der Waals surface area contributed by atoms with Crippen LogP contribution >= 0.6 is 15.9 Å². The minimum absolute atomic E-state index is 0.542. The average Bonchev–Trinajstić information content (AvgIpc) is 2.67. The smallest absolute Gasteiger partial charge is 0.123 e. The van der Waals surface area contributed by atoms with E-state index in [2.05, 4.69) is 50.7 Å². The van der Waals surface area contributed by atoms with Crippen LogP contribution in [-0.4, -0.2) is 9.55 Å². The highest BCUT2D eigenvalue weighted by Crippen LogP contribution is 2.28. The van der Waals surface area contributed by atoms with E-state index in [0.29, 0.717) is 5.82 Å². The minimum atomic E-state index is 0.542. The van der Waals surface area contributed by atoms with Crippen LogP contribution in [0.2, 0.25) is 0 Å². The standard InChI is InChI=1S/C14H12BrN3/c1-18-12-4-3-11(15)6-10(12)7-13(18)9-2-5-14(16)17-8-9/h2-8H,1H3,(H2,16,17). The number of anilines is 1. The molecule has 0 amide bonds. The Morgan fingerprint density at radius 2 is 2.00 bits per heavy atom. The summed E-state index contributed by atoms with van der Waals surface area (Å²) < 4.78 is 3.25. The maximum absolute atomic E-state index is 5.61. The van der Waals surface area contributed by atoms with Gasteiger partial charge in [0.25, 0.3) is 0 Å². The van der Waals surface area contributed by atoms with Crippen LogP contribution in [0.1, 0.15) is 0 Å². The lowest BCUT2D eigenvalue weighted by molar-refractivity contribution is 0.977. The number of nitrogens with zero attached hydrogens (tertiary/aromatic N) is 2. The van der Waals surface area contributed by atoms with Gasteiger partial charge in [0.1, 0.15) is 5.82 Å². The van der Waals surface area contributed by atoms with Crippen molar-refractivity contribution in [2.75, 3.05) is 5.73 Å². The number of benzene rings is 1. The summed E-state index contributed by atoms with van der Waals surface area (Å²) in [6.45, 7) is 0. The van der Waals surface area contributed by atoms with Crippen molar-refractivity contribution < 1.29 is 0 Å². The summed E-state index contributed by atoms with van der Waals surface area (Å²) in [7, 11) is 2.06. The summed E-state index contributed by atoms with van der Waals surface area (Å²) in [6, 6.07) is 12.2. The Kier molecular flexibility index (Phi) is 2.59. The van der Waals surface area contributed by atoms with Gasteiger partial charge in [-0.25, -0.2) is 4.98 Å². The van der Waals surface area contributed by atoms with Gasteiger partial charge in [0.05, 0.1) is 5.69 Å². The van der Waals surface area contributed by atoms with Gasteiger partial charge < -0.3 is 10.3 Å². The average molecular weight is 302 g/mol. The van der Waals surface area contributed by atoms with Crippen molar-refractivity contribution in [1.29, 1.82) is 0 Å². The van der Waals surface area contributed by atoms with E-state index in [-0.39, 0.29) is 0 Å². The minimum Gasteiger partial charge on any atom is -0.384 e. The van der Waals surface area contributed by atoms with E-state index in [1.807, 2.05) is 18.2 Å². The number of halogens is 1. The van der Waals surface area contributed by atoms with Crippen LogP contribution in [0.4, 0.5) is 5.82 Å². The molecule has 0 saturated heterocycles. The SMILES string of the molecule is Cn1c(-c2ccc(N)nc2)cc2cc(Br)ccc21. The summed E-state index contributed by atoms with van der Waals surface area (Å²) in [5, 5.41) is 1.21. The van der Waals surface area contributed by atoms with Crippen molar-refractivity contribution >= 4 is 32.7 Å². The Labute approximate surface area is 113 Å². The molecular weight excluding hydrogens is 290 g/mol. The lowest BCUT2D eigenvalue weighted by atomic mass is 10.2. The summed E-state index contributed by atoms with van der Waals surface area (Å²) in [6.07, 6.45) is 1.80. The largest absolute Gasteiger partial charge is 0.384 e. The number of aromatic nitrogens is 2. The van der Waals surface area contributed by atoms with Crippen LogP contribution in [0.15, 0.2) is 47.1 Å². The van der Waals surface area contributed by atoms with Gasteiger partial charge in [-0.15, -0.1) is 0 Å². The van der Waals surface area contributed by atoms with Crippen LogP contribution < -0.4 is 5.73 Å². The Hall–Kier alpha value is -1.81. The van der Waals surface area contributed by atoms with E-state index >= 15 is 0 Å². The molecule has 18 heavy (non-hydrogen) atoms. The summed E-state index contributed by atoms with van der Waals surface area (Å²) in [4.78, 5) is 4.14. The van der Waals surface area contributed by atoms with E-state index in [1.54, 1.807) is 6.20 Å². The van der Waals surface area contributed by atoms with Crippen molar-refractivity contribution in [3.05, 3.63) is 47.1 Å². The number of nitrogens with two attached hydrogens (primary N) is 1. The molecule has 0 atom stereocenters. The van der Waals surface area contributed by atoms with Crippen LogP contribution in [0.25, 0.3) is 22.2 Å². The highest BCUT2D eigenvalue weighted by molar-refractivity contribution is 9.10. The lowest BCUT2D eigenvalue weighted by Crippen LogP contribution is -1.93. The zero-order chi connectivity index (χ0) is 12.7. The molecule has 1 aromatic carbocycles. The van der Waals surface area contributed by atoms with Gasteiger partial charge in [0.15, 0.2) is 0 Å². The number of hydrogen-bond acceptors (Lipinski definition) is 2. The maximum Gasteiger partial charge on any atom is 0.123 e. The number of rotatable bonds is 1. The highest BCUT2D eigenvalue weighted by atomic mass is 79.9. The number of hydrogen-bond donors (Lipinski definition) is 1. The summed E-state index contributed by atoms with van der Waals surface area (Å²) in [5.74, 6) is 0.542. The van der Waals surface area contributed by atoms with Crippen LogP contribution in [0.5, 0.6) is 0 Å². The second-order valence-corrected chi connectivity index (χ2v) is 5.18. The van der Waals surface area contributed by atoms with Crippen molar-refractivity contribution in [3.8, 4) is 11.3 Å². The molecule has 4 heteroatoms. The molecule has 0 aliphatic carbocycles. The second kappa shape index (κ2) is 4.14. The monoisotopic (exact) mass is 301 g/mol. The quantitative estimate of drug-likeness (QED) is 0.746. The van der Waals surface area contributed by atoms with Crippen molar-refractivity contribution in [1.82, 2.24) is 9.55 Å². The third kappa shape index (κ3) is 1.78. The maximum atomic E-state index is 5.61. The number of fused-ring (bicyclic) bond motifs is 1. The molecule has 2 N–H and O–H groups in total. The Morgan fingerprint density at radius 3 is 2.72 bits per heavy atom. The Balaban J connectivity index is 2.23. The van der Waals surface area contributed by atoms with Crippen LogP contribution in [0, 0.1) is 0 Å². The lowest BCUT2D eigenvalue weighted by Gasteiger charge is -2.04. The van der Waals surface area contributed by atoms with E-state index in [0.717, 1.165) is 15.7 Å². The zero-order valence-electron chi connectivity index (χ0n) is 9.89. The topological polar surface area (TPSA) is 43.8 Å². The fraction of sp³-hybridized carbons (Fsp3) is 0.0714. The predicted octanol–water partition coefficient (Wildman–Crippen LogP) is 3.59. The van der Waals surface area contributed by atoms with Gasteiger partial charge in [0, 0.05) is 34.2 Å². The first-order valence-electron chi connectivity index (χ1n) is 5.62. The molecule has 2 aromatic heterocycles. The number of aryl methyl sites for hydroxylation is 1. The van der Waals surface area contributed by atoms with Gasteiger partial charge in [0.2, 0.25) is 0 Å². The number of nitrogen functional groups attached to an aromatic ring is 1. The predicted molar refractivity (Wildman–Crippen MR) is 78.3 cm³/mol. The van der Waals surface area contributed by atoms with Gasteiger partial charge in [-0.3, -0.25) is 0 Å². The molecular formula is C14H12BrN3. The molecule has 0 unspecified atom stereocenters. The molecule has 0 aliphatic heterocycles. The van der Waals surface area contributed by atoms with Gasteiger partial charge >= 0.3 is 0 Å². The van der Waals surface area contributed by atoms with Crippen LogP contribution in [0.3, 0.4) is 0 Å². The highest BCUT2D eigenvalue weighted by Gasteiger charge is 2.08. The van der Waals surface area contributed by atoms with Gasteiger partial charge in [-0.05, 0) is 36.4 Å². The van der Waals surface area contributed by atoms with Crippen molar-refractivity contribution in [3.63, 3.8) is 0 Å². The molecule has 3 aromatic rings. The third-order valence-corrected chi connectivity index (χ3v) is 3.58. The molecule has 3 rings (SSSR count). The fourth-order valence-corrected chi connectivity index (χ4v) is 2.53. The zero-order valence-corrected chi connectivity index (χ0v) is 11.5. The number of pyridine rings is 1. The molecule has 0 fully saturated rings. The molecule has 2 heterocycles. The van der Waals surface area contributed by atoms with Crippen LogP contribution in [-0.2, 0) is 7.05 Å². The Morgan fingerprint density at radius 1 is 1.17 bits per heavy atom. The fourth-order valence-electron chi connectivity index (χ4n) is 2.15. The first-order valence-corrected chi connectivity index (χ1v) is 6.41. The Bertz CT molecular complexity index is 714. The molecule has 3 nitrogen and oxygen atoms in total. The second-order valence-electron chi connectivity index (χ2n) is 4.26. The molecule has 0 radical (unpaired) electrons. The first kappa shape index (κ1) is 11.3. The van der Waals surface area contributed by atoms with E-state index in [1.165, 1.54) is 10.9 Å². The first-order chi connectivity index (χ1) is 8.65.